The van der Waals surface area contributed by atoms with Gasteiger partial charge in [0.2, 0.25) is 0 Å². The number of aryl methyl sites for hydroxylation is 1. The van der Waals surface area contributed by atoms with Gasteiger partial charge < -0.3 is 8.75 Å². The largest absolute Gasteiger partial charge is 0.534 e. The van der Waals surface area contributed by atoms with E-state index in [0.29, 0.717) is 10.2 Å². The molecule has 4 nitrogen and oxygen atoms in total. The molecule has 0 fully saturated rings. The number of rotatable bonds is 6. The van der Waals surface area contributed by atoms with Gasteiger partial charge in [-0.25, -0.2) is 0 Å². The number of aromatic nitrogens is 1. The van der Waals surface area contributed by atoms with Crippen LogP contribution in [0.25, 0.3) is 10.9 Å². The fourth-order valence-corrected chi connectivity index (χ4v) is 11.8. The van der Waals surface area contributed by atoms with E-state index in [1.54, 1.807) is 12.1 Å². The predicted octanol–water partition coefficient (Wildman–Crippen LogP) is 6.10. The summed E-state index contributed by atoms with van der Waals surface area (Å²) in [6, 6.07) is 11.5. The zero-order chi connectivity index (χ0) is 24.9. The minimum absolute atomic E-state index is 0.0506. The predicted molar refractivity (Wildman–Crippen MR) is 130 cm³/mol. The highest BCUT2D eigenvalue weighted by Crippen LogP contribution is 2.38. The highest BCUT2D eigenvalue weighted by atomic mass is 35.5. The van der Waals surface area contributed by atoms with E-state index in [2.05, 4.69) is 0 Å². The zero-order valence-electron chi connectivity index (χ0n) is 18.7. The Hall–Kier alpha value is -1.68. The lowest BCUT2D eigenvalue weighted by molar-refractivity contribution is -0.0499. The minimum Gasteiger partial charge on any atom is -0.376 e. The Balaban J connectivity index is 2.41. The lowest BCUT2D eigenvalue weighted by Crippen LogP contribution is -2.65. The van der Waals surface area contributed by atoms with E-state index in [9.17, 15) is 21.6 Å². The Kier molecular flexibility index (Phi) is 6.94. The van der Waals surface area contributed by atoms with Crippen LogP contribution >= 0.6 is 23.2 Å². The lowest BCUT2D eigenvalue weighted by Gasteiger charge is -2.41. The summed E-state index contributed by atoms with van der Waals surface area (Å²) in [6.45, 7) is 7.94. The number of fused-ring (bicyclic) bond motifs is 1. The summed E-state index contributed by atoms with van der Waals surface area (Å²) in [6.07, 6.45) is 0. The molecule has 2 aromatic carbocycles. The molecule has 0 aliphatic rings. The molecular formula is C22H24Cl2F3NO3SSi. The Morgan fingerprint density at radius 2 is 1.48 bits per heavy atom. The Labute approximate surface area is 202 Å². The van der Waals surface area contributed by atoms with E-state index < -0.39 is 23.7 Å². The van der Waals surface area contributed by atoms with Gasteiger partial charge in [-0.2, -0.15) is 21.6 Å². The van der Waals surface area contributed by atoms with Crippen molar-refractivity contribution < 1.29 is 25.8 Å². The van der Waals surface area contributed by atoms with E-state index in [-0.39, 0.29) is 21.9 Å². The number of benzene rings is 2. The van der Waals surface area contributed by atoms with Crippen molar-refractivity contribution in [2.24, 2.45) is 7.05 Å². The molecule has 0 aliphatic heterocycles. The van der Waals surface area contributed by atoms with Crippen molar-refractivity contribution in [3.63, 3.8) is 0 Å². The molecule has 0 aliphatic carbocycles. The molecule has 0 N–H and O–H groups in total. The van der Waals surface area contributed by atoms with Crippen molar-refractivity contribution in [1.29, 1.82) is 0 Å². The van der Waals surface area contributed by atoms with Gasteiger partial charge in [0.25, 0.3) is 0 Å². The average molecular weight is 538 g/mol. The molecule has 0 amide bonds. The number of nitrogens with zero attached hydrogens (tertiary/aromatic N) is 1. The van der Waals surface area contributed by atoms with E-state index >= 15 is 0 Å². The maximum atomic E-state index is 13.2. The molecule has 33 heavy (non-hydrogen) atoms. The number of alkyl halides is 3. The Morgan fingerprint density at radius 3 is 2.03 bits per heavy atom. The van der Waals surface area contributed by atoms with Gasteiger partial charge in [-0.3, -0.25) is 0 Å². The van der Waals surface area contributed by atoms with Gasteiger partial charge in [0.15, 0.2) is 0 Å². The first-order chi connectivity index (χ1) is 15.1. The third-order valence-corrected chi connectivity index (χ3v) is 13.8. The van der Waals surface area contributed by atoms with Crippen molar-refractivity contribution in [1.82, 2.24) is 4.57 Å². The van der Waals surface area contributed by atoms with Crippen LogP contribution in [0.1, 0.15) is 27.7 Å². The molecular weight excluding hydrogens is 514 g/mol. The molecule has 0 saturated heterocycles. The molecule has 0 unspecified atom stereocenters. The summed E-state index contributed by atoms with van der Waals surface area (Å²) in [7, 11) is -7.00. The summed E-state index contributed by atoms with van der Waals surface area (Å²) in [5.74, 6) is -0.353. The van der Waals surface area contributed by atoms with Crippen molar-refractivity contribution in [3.05, 3.63) is 52.5 Å². The standard InChI is InChI=1S/C22H24Cl2F3NO3SSi/c1-13(2)33(14(3)4,21-10-15-6-7-16(23)11-18(15)28(21)5)20-12-17(24)8-9-19(20)31-32(29,30)22(25,26)27/h6-14H,1-5H3. The summed E-state index contributed by atoms with van der Waals surface area (Å²) in [4.78, 5) is 0. The van der Waals surface area contributed by atoms with Crippen molar-refractivity contribution in [3.8, 4) is 5.75 Å². The van der Waals surface area contributed by atoms with Crippen LogP contribution < -0.4 is 14.7 Å². The Morgan fingerprint density at radius 1 is 0.939 bits per heavy atom. The van der Waals surface area contributed by atoms with Gasteiger partial charge in [-0.15, -0.1) is 0 Å². The van der Waals surface area contributed by atoms with E-state index in [0.717, 1.165) is 16.2 Å². The topological polar surface area (TPSA) is 48.3 Å². The molecule has 0 saturated carbocycles. The van der Waals surface area contributed by atoms with Crippen LogP contribution in [0.5, 0.6) is 5.75 Å². The molecule has 3 rings (SSSR count). The number of halogens is 5. The second-order valence-electron chi connectivity index (χ2n) is 8.59. The lowest BCUT2D eigenvalue weighted by atomic mass is 10.2. The van der Waals surface area contributed by atoms with Crippen LogP contribution in [0.3, 0.4) is 0 Å². The molecule has 1 aromatic heterocycles. The third kappa shape index (κ3) is 4.40. The second-order valence-corrected chi connectivity index (χ2v) is 16.1. The molecule has 0 radical (unpaired) electrons. The van der Waals surface area contributed by atoms with Gasteiger partial charge >= 0.3 is 15.6 Å². The van der Waals surface area contributed by atoms with E-state index in [4.69, 9.17) is 27.4 Å². The average Bonchev–Trinajstić information content (AvgIpc) is 2.99. The number of hydrogen-bond acceptors (Lipinski definition) is 3. The summed E-state index contributed by atoms with van der Waals surface area (Å²) >= 11 is 12.5. The van der Waals surface area contributed by atoms with Gasteiger partial charge in [0, 0.05) is 27.9 Å². The zero-order valence-corrected chi connectivity index (χ0v) is 22.0. The third-order valence-electron chi connectivity index (χ3n) is 6.12. The second kappa shape index (κ2) is 8.83. The van der Waals surface area contributed by atoms with Crippen LogP contribution in [0, 0.1) is 0 Å². The first-order valence-corrected chi connectivity index (χ1v) is 14.5. The fourth-order valence-electron chi connectivity index (χ4n) is 4.78. The van der Waals surface area contributed by atoms with Crippen LogP contribution in [0.2, 0.25) is 21.1 Å². The van der Waals surface area contributed by atoms with Gasteiger partial charge in [0.1, 0.15) is 13.8 Å². The highest BCUT2D eigenvalue weighted by Gasteiger charge is 2.51. The first kappa shape index (κ1) is 25.9. The van der Waals surface area contributed by atoms with Gasteiger partial charge in [-0.1, -0.05) is 57.0 Å². The van der Waals surface area contributed by atoms with Crippen molar-refractivity contribution in [2.45, 2.75) is 44.3 Å². The van der Waals surface area contributed by atoms with Crippen LogP contribution in [0.4, 0.5) is 13.2 Å². The summed E-state index contributed by atoms with van der Waals surface area (Å²) in [5, 5.41) is 3.05. The molecule has 0 atom stereocenters. The number of hydrogen-bond donors (Lipinski definition) is 0. The quantitative estimate of drug-likeness (QED) is 0.217. The minimum atomic E-state index is -5.87. The molecule has 0 spiro atoms. The first-order valence-electron chi connectivity index (χ1n) is 10.2. The van der Waals surface area contributed by atoms with Crippen molar-refractivity contribution in [2.75, 3.05) is 0 Å². The molecule has 0 bridgehead atoms. The van der Waals surface area contributed by atoms with Crippen LogP contribution in [-0.2, 0) is 17.2 Å². The summed E-state index contributed by atoms with van der Waals surface area (Å²) in [5.41, 5.74) is -4.79. The van der Waals surface area contributed by atoms with Gasteiger partial charge in [0.05, 0.1) is 0 Å². The fraction of sp³-hybridized carbons (Fsp3) is 0.364. The maximum absolute atomic E-state index is 13.2. The molecule has 180 valence electrons. The van der Waals surface area contributed by atoms with Gasteiger partial charge in [-0.05, 0) is 58.1 Å². The van der Waals surface area contributed by atoms with Crippen LogP contribution in [-0.4, -0.2) is 26.6 Å². The summed E-state index contributed by atoms with van der Waals surface area (Å²) < 4.78 is 70.0. The molecule has 1 heterocycles. The van der Waals surface area contributed by atoms with E-state index in [1.165, 1.54) is 12.1 Å². The smallest absolute Gasteiger partial charge is 0.376 e. The maximum Gasteiger partial charge on any atom is 0.534 e. The molecule has 11 heteroatoms. The monoisotopic (exact) mass is 537 g/mol. The Bertz CT molecular complexity index is 1300. The van der Waals surface area contributed by atoms with E-state index in [1.807, 2.05) is 57.5 Å². The SMILES string of the molecule is CC(C)[Si](c1cc(Cl)ccc1OS(=O)(=O)C(F)(F)F)(c1cc2ccc(Cl)cc2n1C)C(C)C. The normalized spacial score (nSPS) is 13.3. The molecule has 3 aromatic rings. The van der Waals surface area contributed by atoms with Crippen molar-refractivity contribution >= 4 is 62.8 Å². The van der Waals surface area contributed by atoms with Crippen LogP contribution in [0.15, 0.2) is 42.5 Å². The highest BCUT2D eigenvalue weighted by molar-refractivity contribution is 7.88.